The van der Waals surface area contributed by atoms with E-state index in [0.717, 1.165) is 6.07 Å². The van der Waals surface area contributed by atoms with E-state index in [0.29, 0.717) is 11.4 Å². The molecule has 5 nitrogen and oxygen atoms in total. The topological polar surface area (TPSA) is 67.4 Å². The number of anilines is 2. The van der Waals surface area contributed by atoms with Crippen molar-refractivity contribution in [3.8, 4) is 5.75 Å². The second-order valence-corrected chi connectivity index (χ2v) is 5.40. The standard InChI is InChI=1S/C16H12ClFN2O3/c17-9-5-6-11(10(18)7-9)19-15(21)8-14-16(22)20-12-3-1-2-4-13(12)23-14/h1-7,14H,8H2,(H,19,21)(H,20,22)/t14-/m1/s1. The van der Waals surface area contributed by atoms with E-state index in [1.807, 2.05) is 0 Å². The van der Waals surface area contributed by atoms with Gasteiger partial charge in [-0.25, -0.2) is 4.39 Å². The molecule has 1 atom stereocenters. The number of hydrogen-bond acceptors (Lipinski definition) is 3. The summed E-state index contributed by atoms with van der Waals surface area (Å²) in [5.74, 6) is -1.12. The van der Waals surface area contributed by atoms with Crippen LogP contribution in [0.25, 0.3) is 0 Å². The van der Waals surface area contributed by atoms with Crippen molar-refractivity contribution in [2.24, 2.45) is 0 Å². The summed E-state index contributed by atoms with van der Waals surface area (Å²) >= 11 is 5.65. The summed E-state index contributed by atoms with van der Waals surface area (Å²) in [7, 11) is 0. The first-order valence-electron chi connectivity index (χ1n) is 6.84. The van der Waals surface area contributed by atoms with Gasteiger partial charge >= 0.3 is 0 Å². The molecule has 0 fully saturated rings. The SMILES string of the molecule is O=C(C[C@H]1Oc2ccccc2NC1=O)Nc1ccc(Cl)cc1F. The molecule has 2 N–H and O–H groups in total. The molecule has 2 aromatic carbocycles. The third-order valence-corrected chi connectivity index (χ3v) is 3.52. The zero-order valence-corrected chi connectivity index (χ0v) is 12.6. The van der Waals surface area contributed by atoms with Crippen molar-refractivity contribution in [3.05, 3.63) is 53.3 Å². The van der Waals surface area contributed by atoms with Gasteiger partial charge in [-0.1, -0.05) is 23.7 Å². The fourth-order valence-corrected chi connectivity index (χ4v) is 2.35. The highest BCUT2D eigenvalue weighted by Gasteiger charge is 2.29. The number of halogens is 2. The van der Waals surface area contributed by atoms with E-state index in [1.165, 1.54) is 12.1 Å². The van der Waals surface area contributed by atoms with Crippen LogP contribution in [-0.4, -0.2) is 17.9 Å². The number of ether oxygens (including phenoxy) is 1. The van der Waals surface area contributed by atoms with Gasteiger partial charge in [-0.3, -0.25) is 9.59 Å². The number of amides is 2. The maximum atomic E-state index is 13.7. The highest BCUT2D eigenvalue weighted by Crippen LogP contribution is 2.29. The van der Waals surface area contributed by atoms with Gasteiger partial charge in [-0.2, -0.15) is 0 Å². The summed E-state index contributed by atoms with van der Waals surface area (Å²) in [5, 5.41) is 5.29. The quantitative estimate of drug-likeness (QED) is 0.905. The second kappa shape index (κ2) is 6.26. The van der Waals surface area contributed by atoms with Gasteiger partial charge in [0.15, 0.2) is 6.10 Å². The van der Waals surface area contributed by atoms with E-state index < -0.39 is 23.7 Å². The van der Waals surface area contributed by atoms with Crippen LogP contribution in [0.2, 0.25) is 5.02 Å². The van der Waals surface area contributed by atoms with Crippen LogP contribution in [-0.2, 0) is 9.59 Å². The average Bonchev–Trinajstić information content (AvgIpc) is 2.51. The van der Waals surface area contributed by atoms with Crippen LogP contribution in [0.3, 0.4) is 0 Å². The predicted octanol–water partition coefficient (Wildman–Crippen LogP) is 3.21. The third kappa shape index (κ3) is 3.43. The lowest BCUT2D eigenvalue weighted by Gasteiger charge is -2.25. The Morgan fingerprint density at radius 2 is 2.09 bits per heavy atom. The summed E-state index contributed by atoms with van der Waals surface area (Å²) < 4.78 is 19.2. The second-order valence-electron chi connectivity index (χ2n) is 4.97. The van der Waals surface area contributed by atoms with Gasteiger partial charge < -0.3 is 15.4 Å². The van der Waals surface area contributed by atoms with Crippen molar-refractivity contribution >= 4 is 34.8 Å². The molecule has 7 heteroatoms. The Balaban J connectivity index is 1.67. The predicted molar refractivity (Wildman–Crippen MR) is 84.1 cm³/mol. The fraction of sp³-hybridized carbons (Fsp3) is 0.125. The van der Waals surface area contributed by atoms with Crippen molar-refractivity contribution in [2.75, 3.05) is 10.6 Å². The number of nitrogens with one attached hydrogen (secondary N) is 2. The van der Waals surface area contributed by atoms with Crippen LogP contribution in [0.5, 0.6) is 5.75 Å². The van der Waals surface area contributed by atoms with Gasteiger partial charge in [0.25, 0.3) is 5.91 Å². The summed E-state index contributed by atoms with van der Waals surface area (Å²) in [6, 6.07) is 10.8. The summed E-state index contributed by atoms with van der Waals surface area (Å²) in [5.41, 5.74) is 0.550. The highest BCUT2D eigenvalue weighted by molar-refractivity contribution is 6.30. The minimum absolute atomic E-state index is 0.00369. The Hall–Kier alpha value is -2.60. The van der Waals surface area contributed by atoms with Crippen molar-refractivity contribution in [1.29, 1.82) is 0 Å². The van der Waals surface area contributed by atoms with E-state index in [1.54, 1.807) is 24.3 Å². The molecule has 0 aliphatic carbocycles. The monoisotopic (exact) mass is 334 g/mol. The number of rotatable bonds is 3. The van der Waals surface area contributed by atoms with Gasteiger partial charge in [0.1, 0.15) is 11.6 Å². The molecule has 0 aromatic heterocycles. The fourth-order valence-electron chi connectivity index (χ4n) is 2.19. The molecule has 3 rings (SSSR count). The molecular weight excluding hydrogens is 323 g/mol. The van der Waals surface area contributed by atoms with Crippen molar-refractivity contribution in [2.45, 2.75) is 12.5 Å². The molecule has 0 spiro atoms. The Bertz CT molecular complexity index is 782. The lowest BCUT2D eigenvalue weighted by molar-refractivity contribution is -0.128. The molecule has 118 valence electrons. The van der Waals surface area contributed by atoms with E-state index in [9.17, 15) is 14.0 Å². The Morgan fingerprint density at radius 1 is 1.30 bits per heavy atom. The molecular formula is C16H12ClFN2O3. The van der Waals surface area contributed by atoms with Crippen LogP contribution in [0.4, 0.5) is 15.8 Å². The van der Waals surface area contributed by atoms with Crippen LogP contribution < -0.4 is 15.4 Å². The average molecular weight is 335 g/mol. The summed E-state index contributed by atoms with van der Waals surface area (Å²) in [4.78, 5) is 24.0. The number of carbonyl (C=O) groups excluding carboxylic acids is 2. The zero-order valence-electron chi connectivity index (χ0n) is 11.8. The van der Waals surface area contributed by atoms with Gasteiger partial charge in [0, 0.05) is 5.02 Å². The van der Waals surface area contributed by atoms with Crippen molar-refractivity contribution < 1.29 is 18.7 Å². The molecule has 2 amide bonds. The largest absolute Gasteiger partial charge is 0.478 e. The van der Waals surface area contributed by atoms with E-state index in [4.69, 9.17) is 16.3 Å². The van der Waals surface area contributed by atoms with Crippen LogP contribution in [0, 0.1) is 5.82 Å². The number of para-hydroxylation sites is 2. The molecule has 0 saturated heterocycles. The molecule has 1 heterocycles. The lowest BCUT2D eigenvalue weighted by atomic mass is 10.1. The molecule has 0 bridgehead atoms. The molecule has 1 aliphatic heterocycles. The van der Waals surface area contributed by atoms with E-state index in [2.05, 4.69) is 10.6 Å². The first kappa shape index (κ1) is 15.3. The maximum Gasteiger partial charge on any atom is 0.266 e. The smallest absolute Gasteiger partial charge is 0.266 e. The van der Waals surface area contributed by atoms with Gasteiger partial charge in [0.05, 0.1) is 17.8 Å². The lowest BCUT2D eigenvalue weighted by Crippen LogP contribution is -2.39. The number of carbonyl (C=O) groups is 2. The first-order chi connectivity index (χ1) is 11.0. The number of benzene rings is 2. The normalized spacial score (nSPS) is 16.1. The molecule has 0 radical (unpaired) electrons. The van der Waals surface area contributed by atoms with E-state index in [-0.39, 0.29) is 17.1 Å². The maximum absolute atomic E-state index is 13.7. The van der Waals surface area contributed by atoms with Crippen LogP contribution in [0.1, 0.15) is 6.42 Å². The Morgan fingerprint density at radius 3 is 2.87 bits per heavy atom. The molecule has 0 saturated carbocycles. The van der Waals surface area contributed by atoms with Gasteiger partial charge in [-0.15, -0.1) is 0 Å². The third-order valence-electron chi connectivity index (χ3n) is 3.28. The number of hydrogen-bond donors (Lipinski definition) is 2. The summed E-state index contributed by atoms with van der Waals surface area (Å²) in [6.07, 6.45) is -1.21. The highest BCUT2D eigenvalue weighted by atomic mass is 35.5. The van der Waals surface area contributed by atoms with Crippen molar-refractivity contribution in [1.82, 2.24) is 0 Å². The van der Waals surface area contributed by atoms with Gasteiger partial charge in [-0.05, 0) is 30.3 Å². The van der Waals surface area contributed by atoms with E-state index >= 15 is 0 Å². The minimum Gasteiger partial charge on any atom is -0.478 e. The zero-order chi connectivity index (χ0) is 16.4. The summed E-state index contributed by atoms with van der Waals surface area (Å²) in [6.45, 7) is 0. The Kier molecular flexibility index (Phi) is 4.16. The first-order valence-corrected chi connectivity index (χ1v) is 7.22. The molecule has 23 heavy (non-hydrogen) atoms. The van der Waals surface area contributed by atoms with Crippen LogP contribution in [0.15, 0.2) is 42.5 Å². The molecule has 1 aliphatic rings. The van der Waals surface area contributed by atoms with Gasteiger partial charge in [0.2, 0.25) is 5.91 Å². The number of fused-ring (bicyclic) bond motifs is 1. The minimum atomic E-state index is -0.972. The molecule has 2 aromatic rings. The van der Waals surface area contributed by atoms with Crippen molar-refractivity contribution in [3.63, 3.8) is 0 Å². The molecule has 0 unspecified atom stereocenters. The Labute approximate surface area is 136 Å². The van der Waals surface area contributed by atoms with Crippen LogP contribution >= 0.6 is 11.6 Å².